The van der Waals surface area contributed by atoms with Crippen LogP contribution in [0.3, 0.4) is 0 Å². The predicted molar refractivity (Wildman–Crippen MR) is 137 cm³/mol. The van der Waals surface area contributed by atoms with Crippen LogP contribution >= 0.6 is 0 Å². The van der Waals surface area contributed by atoms with E-state index in [1.165, 1.54) is 32.7 Å². The van der Waals surface area contributed by atoms with Crippen molar-refractivity contribution in [2.45, 2.75) is 0 Å². The average Bonchev–Trinajstić information content (AvgIpc) is 3.26. The van der Waals surface area contributed by atoms with E-state index in [1.807, 2.05) is 24.4 Å². The minimum Gasteiger partial charge on any atom is -0.438 e. The van der Waals surface area contributed by atoms with Gasteiger partial charge >= 0.3 is 0 Å². The molecule has 0 amide bonds. The van der Waals surface area contributed by atoms with E-state index in [9.17, 15) is 0 Å². The van der Waals surface area contributed by atoms with E-state index >= 15 is 0 Å². The number of rotatable bonds is 2. The zero-order valence-electron chi connectivity index (χ0n) is 17.8. The molecule has 0 saturated carbocycles. The summed E-state index contributed by atoms with van der Waals surface area (Å²) in [4.78, 5) is 4.62. The zero-order valence-corrected chi connectivity index (χ0v) is 17.8. The van der Waals surface area contributed by atoms with Crippen LogP contribution in [-0.4, -0.2) is 4.98 Å². The first-order chi connectivity index (χ1) is 16.3. The van der Waals surface area contributed by atoms with Crippen LogP contribution < -0.4 is 0 Å². The highest BCUT2D eigenvalue weighted by Crippen LogP contribution is 2.37. The van der Waals surface area contributed by atoms with Crippen LogP contribution in [-0.2, 0) is 0 Å². The quantitative estimate of drug-likeness (QED) is 0.261. The average molecular weight is 421 g/mol. The van der Waals surface area contributed by atoms with Crippen LogP contribution in [0, 0.1) is 0 Å². The molecule has 2 aromatic heterocycles. The van der Waals surface area contributed by atoms with Gasteiger partial charge in [-0.05, 0) is 62.5 Å². The number of nitrogens with zero attached hydrogens (tertiary/aromatic N) is 1. The Bertz CT molecular complexity index is 1830. The Balaban J connectivity index is 1.44. The minimum atomic E-state index is 0.677. The summed E-state index contributed by atoms with van der Waals surface area (Å²) in [5.41, 5.74) is 6.22. The molecule has 0 N–H and O–H groups in total. The topological polar surface area (TPSA) is 26.0 Å². The van der Waals surface area contributed by atoms with Gasteiger partial charge in [0.2, 0.25) is 5.71 Å². The Labute approximate surface area is 190 Å². The largest absolute Gasteiger partial charge is 0.438 e. The first-order valence-corrected chi connectivity index (χ1v) is 11.1. The van der Waals surface area contributed by atoms with Crippen molar-refractivity contribution in [2.24, 2.45) is 0 Å². The summed E-state index contributed by atoms with van der Waals surface area (Å²) in [5.74, 6) is 0. The fourth-order valence-electron chi connectivity index (χ4n) is 4.93. The zero-order chi connectivity index (χ0) is 21.8. The van der Waals surface area contributed by atoms with Gasteiger partial charge in [0.15, 0.2) is 0 Å². The summed E-state index contributed by atoms with van der Waals surface area (Å²) in [5, 5.41) is 7.23. The fourth-order valence-corrected chi connectivity index (χ4v) is 4.93. The van der Waals surface area contributed by atoms with Crippen molar-refractivity contribution in [1.82, 2.24) is 4.98 Å². The normalized spacial score (nSPS) is 11.6. The molecule has 0 aliphatic heterocycles. The monoisotopic (exact) mass is 421 g/mol. The van der Waals surface area contributed by atoms with Gasteiger partial charge in [0.05, 0.1) is 0 Å². The maximum atomic E-state index is 5.91. The number of benzene rings is 5. The van der Waals surface area contributed by atoms with E-state index in [1.54, 1.807) is 0 Å². The molecule has 2 heteroatoms. The van der Waals surface area contributed by atoms with Gasteiger partial charge in [-0.1, -0.05) is 84.9 Å². The summed E-state index contributed by atoms with van der Waals surface area (Å²) >= 11 is 0. The molecule has 0 bridgehead atoms. The molecule has 0 radical (unpaired) electrons. The molecular weight excluding hydrogens is 402 g/mol. The van der Waals surface area contributed by atoms with Crippen LogP contribution in [0.25, 0.3) is 65.9 Å². The lowest BCUT2D eigenvalue weighted by molar-refractivity contribution is 0.654. The van der Waals surface area contributed by atoms with E-state index in [0.717, 1.165) is 27.5 Å². The predicted octanol–water partition coefficient (Wildman–Crippen LogP) is 8.62. The van der Waals surface area contributed by atoms with Crippen molar-refractivity contribution in [1.29, 1.82) is 0 Å². The number of fused-ring (bicyclic) bond motifs is 6. The standard InChI is InChI=1S/C31H19NO/c1-2-11-24-22(8-1)17-28(26-13-4-3-12-25(24)26)21-10-7-9-20(16-21)23-18-29-27-14-5-6-15-30(27)33-31(29)32-19-23/h1-19H. The maximum absolute atomic E-state index is 5.91. The van der Waals surface area contributed by atoms with Crippen LogP contribution in [0.5, 0.6) is 0 Å². The van der Waals surface area contributed by atoms with Crippen molar-refractivity contribution in [2.75, 3.05) is 0 Å². The van der Waals surface area contributed by atoms with E-state index in [2.05, 4.69) is 96.0 Å². The van der Waals surface area contributed by atoms with Gasteiger partial charge in [0.25, 0.3) is 0 Å². The molecule has 0 fully saturated rings. The summed E-state index contributed by atoms with van der Waals surface area (Å²) in [7, 11) is 0. The Morgan fingerprint density at radius 1 is 0.485 bits per heavy atom. The minimum absolute atomic E-state index is 0.677. The van der Waals surface area contributed by atoms with Crippen LogP contribution in [0.2, 0.25) is 0 Å². The lowest BCUT2D eigenvalue weighted by Crippen LogP contribution is -1.86. The first kappa shape index (κ1) is 18.2. The molecule has 7 aromatic rings. The second-order valence-electron chi connectivity index (χ2n) is 8.45. The summed E-state index contributed by atoms with van der Waals surface area (Å²) < 4.78 is 5.91. The van der Waals surface area contributed by atoms with E-state index < -0.39 is 0 Å². The third-order valence-electron chi connectivity index (χ3n) is 6.51. The van der Waals surface area contributed by atoms with Crippen molar-refractivity contribution in [3.8, 4) is 22.3 Å². The lowest BCUT2D eigenvalue weighted by Gasteiger charge is -2.12. The van der Waals surface area contributed by atoms with Crippen molar-refractivity contribution in [3.05, 3.63) is 115 Å². The molecule has 2 heterocycles. The highest BCUT2D eigenvalue weighted by molar-refractivity contribution is 6.14. The Kier molecular flexibility index (Phi) is 3.88. The first-order valence-electron chi connectivity index (χ1n) is 11.1. The van der Waals surface area contributed by atoms with Gasteiger partial charge in [0.1, 0.15) is 5.58 Å². The van der Waals surface area contributed by atoms with Crippen LogP contribution in [0.1, 0.15) is 0 Å². The lowest BCUT2D eigenvalue weighted by atomic mass is 9.92. The van der Waals surface area contributed by atoms with Gasteiger partial charge in [-0.25, -0.2) is 4.98 Å². The number of pyridine rings is 1. The number of aromatic nitrogens is 1. The molecule has 7 rings (SSSR count). The van der Waals surface area contributed by atoms with Crippen molar-refractivity contribution < 1.29 is 4.42 Å². The van der Waals surface area contributed by atoms with Gasteiger partial charge < -0.3 is 4.42 Å². The second kappa shape index (κ2) is 7.04. The third-order valence-corrected chi connectivity index (χ3v) is 6.51. The van der Waals surface area contributed by atoms with Crippen LogP contribution in [0.4, 0.5) is 0 Å². The van der Waals surface area contributed by atoms with Gasteiger partial charge in [-0.3, -0.25) is 0 Å². The Morgan fingerprint density at radius 3 is 2.12 bits per heavy atom. The van der Waals surface area contributed by atoms with Gasteiger partial charge in [-0.2, -0.15) is 0 Å². The van der Waals surface area contributed by atoms with E-state index in [-0.39, 0.29) is 0 Å². The van der Waals surface area contributed by atoms with Crippen LogP contribution in [0.15, 0.2) is 120 Å². The maximum Gasteiger partial charge on any atom is 0.227 e. The molecule has 0 spiro atoms. The number of furan rings is 1. The highest BCUT2D eigenvalue weighted by atomic mass is 16.3. The molecule has 5 aromatic carbocycles. The van der Waals surface area contributed by atoms with Crippen molar-refractivity contribution >= 4 is 43.6 Å². The number of para-hydroxylation sites is 1. The molecule has 0 aliphatic carbocycles. The van der Waals surface area contributed by atoms with E-state index in [4.69, 9.17) is 4.42 Å². The van der Waals surface area contributed by atoms with Crippen molar-refractivity contribution in [3.63, 3.8) is 0 Å². The van der Waals surface area contributed by atoms with E-state index in [0.29, 0.717) is 5.71 Å². The molecule has 2 nitrogen and oxygen atoms in total. The smallest absolute Gasteiger partial charge is 0.227 e. The third kappa shape index (κ3) is 2.85. The molecule has 0 saturated heterocycles. The van der Waals surface area contributed by atoms with Gasteiger partial charge in [-0.15, -0.1) is 0 Å². The molecule has 33 heavy (non-hydrogen) atoms. The molecular formula is C31H19NO. The Morgan fingerprint density at radius 2 is 1.21 bits per heavy atom. The second-order valence-corrected chi connectivity index (χ2v) is 8.45. The molecule has 0 unspecified atom stereocenters. The SMILES string of the molecule is c1cc(-c2cnc3oc4ccccc4c3c2)cc(-c2cc3ccccc3c3ccccc23)c1. The highest BCUT2D eigenvalue weighted by Gasteiger charge is 2.12. The summed E-state index contributed by atoms with van der Waals surface area (Å²) in [6, 6.07) is 38.6. The Hall–Kier alpha value is -4.43. The number of hydrogen-bond acceptors (Lipinski definition) is 2. The summed E-state index contributed by atoms with van der Waals surface area (Å²) in [6.45, 7) is 0. The van der Waals surface area contributed by atoms with Gasteiger partial charge in [0, 0.05) is 22.5 Å². The molecule has 0 atom stereocenters. The fraction of sp³-hybridized carbons (Fsp3) is 0. The summed E-state index contributed by atoms with van der Waals surface area (Å²) in [6.07, 6.45) is 1.91. The molecule has 0 aliphatic rings. The molecule has 154 valence electrons. The number of hydrogen-bond donors (Lipinski definition) is 0.